The standard InChI is InChI=1S/C29H32F3N3O3/c1-28(2,3)38-27(37)34-16-14-22(18-23(34)17-20-9-5-4-6-10-20)35(26(36)29(30,31)32)19-21-13-15-33-25-12-8-7-11-24(21)25/h4-13,15,22-23H,14,16-19H2,1-3H3. The summed E-state index contributed by atoms with van der Waals surface area (Å²) in [5.74, 6) is -1.88. The molecule has 0 saturated carbocycles. The second-order valence-corrected chi connectivity index (χ2v) is 10.6. The lowest BCUT2D eigenvalue weighted by atomic mass is 9.91. The average Bonchev–Trinajstić information content (AvgIpc) is 2.86. The Morgan fingerprint density at radius 3 is 2.39 bits per heavy atom. The van der Waals surface area contributed by atoms with Gasteiger partial charge in [-0.2, -0.15) is 13.2 Å². The molecule has 0 spiro atoms. The molecule has 2 unspecified atom stereocenters. The van der Waals surface area contributed by atoms with Crippen LogP contribution in [0.3, 0.4) is 0 Å². The number of ether oxygens (including phenoxy) is 1. The first-order chi connectivity index (χ1) is 17.9. The summed E-state index contributed by atoms with van der Waals surface area (Å²) in [6.07, 6.45) is -3.17. The number of hydrogen-bond acceptors (Lipinski definition) is 4. The molecule has 1 fully saturated rings. The number of halogens is 3. The maximum atomic E-state index is 13.8. The van der Waals surface area contributed by atoms with Crippen LogP contribution in [0.1, 0.15) is 44.7 Å². The highest BCUT2D eigenvalue weighted by molar-refractivity contribution is 5.85. The molecule has 3 aromatic rings. The van der Waals surface area contributed by atoms with E-state index in [2.05, 4.69) is 4.98 Å². The van der Waals surface area contributed by atoms with Gasteiger partial charge >= 0.3 is 18.2 Å². The molecule has 1 aliphatic heterocycles. The summed E-state index contributed by atoms with van der Waals surface area (Å²) in [7, 11) is 0. The SMILES string of the molecule is CC(C)(C)OC(=O)N1CCC(N(Cc2ccnc3ccccc23)C(=O)C(F)(F)F)CC1Cc1ccccc1. The second-order valence-electron chi connectivity index (χ2n) is 10.6. The third-order valence-corrected chi connectivity index (χ3v) is 6.65. The molecule has 0 radical (unpaired) electrons. The Kier molecular flexibility index (Phi) is 7.94. The van der Waals surface area contributed by atoms with Crippen molar-refractivity contribution in [2.75, 3.05) is 6.54 Å². The molecule has 0 N–H and O–H groups in total. The lowest BCUT2D eigenvalue weighted by Crippen LogP contribution is -2.56. The maximum Gasteiger partial charge on any atom is 0.471 e. The first-order valence-electron chi connectivity index (χ1n) is 12.7. The molecule has 2 amide bonds. The molecule has 9 heteroatoms. The Bertz CT molecular complexity index is 1270. The number of hydrogen-bond donors (Lipinski definition) is 0. The molecular weight excluding hydrogens is 495 g/mol. The van der Waals surface area contributed by atoms with E-state index >= 15 is 0 Å². The van der Waals surface area contributed by atoms with E-state index in [1.165, 1.54) is 6.20 Å². The van der Waals surface area contributed by atoms with E-state index < -0.39 is 35.9 Å². The van der Waals surface area contributed by atoms with Crippen molar-refractivity contribution in [3.05, 3.63) is 78.0 Å². The first kappa shape index (κ1) is 27.4. The predicted octanol–water partition coefficient (Wildman–Crippen LogP) is 6.14. The van der Waals surface area contributed by atoms with Crippen molar-refractivity contribution in [2.24, 2.45) is 0 Å². The smallest absolute Gasteiger partial charge is 0.444 e. The van der Waals surface area contributed by atoms with Gasteiger partial charge in [-0.25, -0.2) is 4.79 Å². The lowest BCUT2D eigenvalue weighted by molar-refractivity contribution is -0.189. The van der Waals surface area contributed by atoms with Crippen LogP contribution in [0, 0.1) is 0 Å². The predicted molar refractivity (Wildman–Crippen MR) is 138 cm³/mol. The fourth-order valence-corrected chi connectivity index (χ4v) is 4.96. The number of rotatable bonds is 5. The molecule has 1 aromatic heterocycles. The Hall–Kier alpha value is -3.62. The molecule has 202 valence electrons. The number of carbonyl (C=O) groups is 2. The van der Waals surface area contributed by atoms with Gasteiger partial charge in [0.25, 0.3) is 0 Å². The molecule has 6 nitrogen and oxygen atoms in total. The molecule has 38 heavy (non-hydrogen) atoms. The fraction of sp³-hybridized carbons (Fsp3) is 0.414. The fourth-order valence-electron chi connectivity index (χ4n) is 4.96. The number of aromatic nitrogens is 1. The normalized spacial score (nSPS) is 18.3. The zero-order valence-electron chi connectivity index (χ0n) is 21.7. The van der Waals surface area contributed by atoms with E-state index in [0.717, 1.165) is 10.5 Å². The van der Waals surface area contributed by atoms with Crippen LogP contribution in [-0.4, -0.2) is 57.2 Å². The van der Waals surface area contributed by atoms with Crippen LogP contribution in [0.5, 0.6) is 0 Å². The van der Waals surface area contributed by atoms with Crippen molar-refractivity contribution >= 4 is 22.9 Å². The topological polar surface area (TPSA) is 62.7 Å². The molecule has 2 aromatic carbocycles. The van der Waals surface area contributed by atoms with Gasteiger partial charge in [-0.05, 0) is 63.3 Å². The maximum absolute atomic E-state index is 13.8. The largest absolute Gasteiger partial charge is 0.471 e. The molecule has 0 aliphatic carbocycles. The van der Waals surface area contributed by atoms with Crippen LogP contribution in [-0.2, 0) is 22.5 Å². The summed E-state index contributed by atoms with van der Waals surface area (Å²) in [6, 6.07) is 17.1. The van der Waals surface area contributed by atoms with E-state index in [4.69, 9.17) is 4.74 Å². The van der Waals surface area contributed by atoms with Crippen molar-refractivity contribution in [1.29, 1.82) is 0 Å². The van der Waals surface area contributed by atoms with E-state index in [9.17, 15) is 22.8 Å². The number of nitrogens with zero attached hydrogens (tertiary/aromatic N) is 3. The van der Waals surface area contributed by atoms with Crippen LogP contribution in [0.25, 0.3) is 10.9 Å². The van der Waals surface area contributed by atoms with Gasteiger partial charge < -0.3 is 14.5 Å². The number of pyridine rings is 1. The lowest BCUT2D eigenvalue weighted by Gasteiger charge is -2.44. The van der Waals surface area contributed by atoms with Crippen molar-refractivity contribution < 1.29 is 27.5 Å². The minimum absolute atomic E-state index is 0.176. The number of benzene rings is 2. The Balaban J connectivity index is 1.66. The average molecular weight is 528 g/mol. The molecule has 2 heterocycles. The van der Waals surface area contributed by atoms with E-state index in [1.54, 1.807) is 56.0 Å². The quantitative estimate of drug-likeness (QED) is 0.400. The molecule has 1 aliphatic rings. The molecule has 4 rings (SSSR count). The highest BCUT2D eigenvalue weighted by Crippen LogP contribution is 2.31. The number of carbonyl (C=O) groups excluding carboxylic acids is 2. The number of para-hydroxylation sites is 1. The van der Waals surface area contributed by atoms with Gasteiger partial charge in [-0.1, -0.05) is 48.5 Å². The second kappa shape index (κ2) is 11.0. The molecule has 0 bridgehead atoms. The van der Waals surface area contributed by atoms with Crippen LogP contribution in [0.2, 0.25) is 0 Å². The monoisotopic (exact) mass is 527 g/mol. The van der Waals surface area contributed by atoms with Crippen LogP contribution >= 0.6 is 0 Å². The van der Waals surface area contributed by atoms with Gasteiger partial charge in [0, 0.05) is 36.8 Å². The van der Waals surface area contributed by atoms with Gasteiger partial charge in [-0.15, -0.1) is 0 Å². The summed E-state index contributed by atoms with van der Waals surface area (Å²) < 4.78 is 47.1. The van der Waals surface area contributed by atoms with E-state index in [0.29, 0.717) is 22.9 Å². The number of likely N-dealkylation sites (tertiary alicyclic amines) is 1. The van der Waals surface area contributed by atoms with Crippen LogP contribution < -0.4 is 0 Å². The summed E-state index contributed by atoms with van der Waals surface area (Å²) in [5, 5.41) is 0.696. The van der Waals surface area contributed by atoms with Crippen molar-refractivity contribution in [2.45, 2.75) is 70.4 Å². The van der Waals surface area contributed by atoms with Gasteiger partial charge in [-0.3, -0.25) is 9.78 Å². The summed E-state index contributed by atoms with van der Waals surface area (Å²) in [4.78, 5) is 32.6. The van der Waals surface area contributed by atoms with Gasteiger partial charge in [0.1, 0.15) is 5.60 Å². The Morgan fingerprint density at radius 2 is 1.71 bits per heavy atom. The van der Waals surface area contributed by atoms with Crippen molar-refractivity contribution in [3.8, 4) is 0 Å². The highest BCUT2D eigenvalue weighted by Gasteiger charge is 2.46. The van der Waals surface area contributed by atoms with Crippen molar-refractivity contribution in [1.82, 2.24) is 14.8 Å². The third kappa shape index (κ3) is 6.62. The minimum Gasteiger partial charge on any atom is -0.444 e. The van der Waals surface area contributed by atoms with E-state index in [-0.39, 0.29) is 25.9 Å². The number of amides is 2. The third-order valence-electron chi connectivity index (χ3n) is 6.65. The van der Waals surface area contributed by atoms with Gasteiger partial charge in [0.05, 0.1) is 5.52 Å². The van der Waals surface area contributed by atoms with Gasteiger partial charge in [0.2, 0.25) is 0 Å². The number of piperidine rings is 1. The molecule has 2 atom stereocenters. The van der Waals surface area contributed by atoms with Gasteiger partial charge in [0.15, 0.2) is 0 Å². The zero-order chi connectivity index (χ0) is 27.5. The number of alkyl halides is 3. The van der Waals surface area contributed by atoms with Crippen molar-refractivity contribution in [3.63, 3.8) is 0 Å². The minimum atomic E-state index is -5.03. The first-order valence-corrected chi connectivity index (χ1v) is 12.7. The highest BCUT2D eigenvalue weighted by atomic mass is 19.4. The Labute approximate surface area is 220 Å². The van der Waals surface area contributed by atoms with Crippen LogP contribution in [0.15, 0.2) is 66.9 Å². The van der Waals surface area contributed by atoms with Crippen LogP contribution in [0.4, 0.5) is 18.0 Å². The van der Waals surface area contributed by atoms with E-state index in [1.807, 2.05) is 30.3 Å². The summed E-state index contributed by atoms with van der Waals surface area (Å²) in [5.41, 5.74) is 1.46. The molecular formula is C29H32F3N3O3. The summed E-state index contributed by atoms with van der Waals surface area (Å²) >= 11 is 0. The number of fused-ring (bicyclic) bond motifs is 1. The summed E-state index contributed by atoms with van der Waals surface area (Å²) in [6.45, 7) is 5.28. The Morgan fingerprint density at radius 1 is 1.03 bits per heavy atom. The zero-order valence-corrected chi connectivity index (χ0v) is 21.7. The molecule has 1 saturated heterocycles.